The van der Waals surface area contributed by atoms with E-state index in [0.717, 1.165) is 17.7 Å². The van der Waals surface area contributed by atoms with E-state index >= 15 is 0 Å². The quantitative estimate of drug-likeness (QED) is 0.904. The van der Waals surface area contributed by atoms with Crippen molar-refractivity contribution in [3.8, 4) is 0 Å². The first kappa shape index (κ1) is 15.5. The first-order valence-corrected chi connectivity index (χ1v) is 7.60. The van der Waals surface area contributed by atoms with E-state index in [4.69, 9.17) is 4.74 Å². The number of rotatable bonds is 4. The summed E-state index contributed by atoms with van der Waals surface area (Å²) in [6, 6.07) is 5.37. The minimum Gasteiger partial charge on any atom is -0.375 e. The summed E-state index contributed by atoms with van der Waals surface area (Å²) in [6.45, 7) is 11.3. The second kappa shape index (κ2) is 6.23. The molecule has 20 heavy (non-hydrogen) atoms. The second-order valence-electron chi connectivity index (χ2n) is 6.04. The molecule has 5 atom stereocenters. The van der Waals surface area contributed by atoms with E-state index in [-0.39, 0.29) is 24.1 Å². The summed E-state index contributed by atoms with van der Waals surface area (Å²) in [4.78, 5) is 0. The van der Waals surface area contributed by atoms with E-state index in [9.17, 15) is 4.39 Å². The van der Waals surface area contributed by atoms with Gasteiger partial charge in [-0.05, 0) is 39.3 Å². The Bertz CT molecular complexity index is 462. The molecule has 1 N–H and O–H groups in total. The van der Waals surface area contributed by atoms with Crippen molar-refractivity contribution >= 4 is 0 Å². The summed E-state index contributed by atoms with van der Waals surface area (Å²) in [7, 11) is 0. The predicted octanol–water partition coefficient (Wildman–Crippen LogP) is 3.84. The van der Waals surface area contributed by atoms with Crippen molar-refractivity contribution in [2.75, 3.05) is 6.54 Å². The molecule has 0 aliphatic carbocycles. The summed E-state index contributed by atoms with van der Waals surface area (Å²) >= 11 is 0. The minimum atomic E-state index is -0.125. The smallest absolute Gasteiger partial charge is 0.128 e. The first-order valence-electron chi connectivity index (χ1n) is 7.60. The molecule has 0 spiro atoms. The van der Waals surface area contributed by atoms with Crippen LogP contribution >= 0.6 is 0 Å². The molecule has 1 fully saturated rings. The Morgan fingerprint density at radius 2 is 1.95 bits per heavy atom. The second-order valence-corrected chi connectivity index (χ2v) is 6.04. The lowest BCUT2D eigenvalue weighted by molar-refractivity contribution is 0.0474. The van der Waals surface area contributed by atoms with Crippen LogP contribution in [0.5, 0.6) is 0 Å². The van der Waals surface area contributed by atoms with Crippen LogP contribution in [0, 0.1) is 24.6 Å². The van der Waals surface area contributed by atoms with Crippen LogP contribution in [0.4, 0.5) is 4.39 Å². The van der Waals surface area contributed by atoms with Gasteiger partial charge in [-0.15, -0.1) is 0 Å². The van der Waals surface area contributed by atoms with Crippen molar-refractivity contribution in [1.82, 2.24) is 5.32 Å². The Hall–Kier alpha value is -0.930. The van der Waals surface area contributed by atoms with Crippen molar-refractivity contribution in [2.24, 2.45) is 11.8 Å². The van der Waals surface area contributed by atoms with Gasteiger partial charge in [-0.25, -0.2) is 4.39 Å². The van der Waals surface area contributed by atoms with E-state index < -0.39 is 0 Å². The molecule has 1 aromatic rings. The third-order valence-corrected chi connectivity index (χ3v) is 4.61. The van der Waals surface area contributed by atoms with Crippen molar-refractivity contribution in [3.63, 3.8) is 0 Å². The van der Waals surface area contributed by atoms with Gasteiger partial charge in [-0.1, -0.05) is 31.5 Å². The highest BCUT2D eigenvalue weighted by Crippen LogP contribution is 2.41. The fraction of sp³-hybridized carbons (Fsp3) is 0.647. The Kier molecular flexibility index (Phi) is 4.82. The van der Waals surface area contributed by atoms with Crippen LogP contribution in [0.25, 0.3) is 0 Å². The van der Waals surface area contributed by atoms with Crippen molar-refractivity contribution in [1.29, 1.82) is 0 Å². The molecule has 2 nitrogen and oxygen atoms in total. The zero-order valence-electron chi connectivity index (χ0n) is 13.1. The molecule has 3 heteroatoms. The molecule has 112 valence electrons. The van der Waals surface area contributed by atoms with Gasteiger partial charge < -0.3 is 10.1 Å². The van der Waals surface area contributed by atoms with Crippen molar-refractivity contribution in [2.45, 2.75) is 52.9 Å². The third kappa shape index (κ3) is 2.89. The largest absolute Gasteiger partial charge is 0.375 e. The van der Waals surface area contributed by atoms with Gasteiger partial charge in [0.2, 0.25) is 0 Å². The molecular weight excluding hydrogens is 253 g/mol. The van der Waals surface area contributed by atoms with Crippen molar-refractivity contribution in [3.05, 3.63) is 35.1 Å². The topological polar surface area (TPSA) is 21.3 Å². The van der Waals surface area contributed by atoms with Crippen LogP contribution < -0.4 is 5.32 Å². The highest BCUT2D eigenvalue weighted by Gasteiger charge is 2.42. The molecule has 0 amide bonds. The van der Waals surface area contributed by atoms with Crippen LogP contribution in [0.1, 0.15) is 44.9 Å². The predicted molar refractivity (Wildman–Crippen MR) is 80.2 cm³/mol. The standard InChI is InChI=1S/C17H26FNO/c1-6-19-17(14-9-10(2)7-8-15(14)18)16-11(3)12(4)20-13(16)5/h7-9,11-13,16-17,19H,6H2,1-5H3. The molecule has 0 radical (unpaired) electrons. The first-order chi connectivity index (χ1) is 9.45. The summed E-state index contributed by atoms with van der Waals surface area (Å²) in [5.74, 6) is 0.579. The van der Waals surface area contributed by atoms with Crippen LogP contribution in [0.2, 0.25) is 0 Å². The number of hydrogen-bond donors (Lipinski definition) is 1. The van der Waals surface area contributed by atoms with Gasteiger partial charge in [0.15, 0.2) is 0 Å². The van der Waals surface area contributed by atoms with Gasteiger partial charge in [-0.3, -0.25) is 0 Å². The normalized spacial score (nSPS) is 31.5. The molecule has 0 aromatic heterocycles. The molecular formula is C17H26FNO. The van der Waals surface area contributed by atoms with E-state index in [1.165, 1.54) is 0 Å². The van der Waals surface area contributed by atoms with Crippen LogP contribution in [0.15, 0.2) is 18.2 Å². The lowest BCUT2D eigenvalue weighted by atomic mass is 9.80. The van der Waals surface area contributed by atoms with Crippen molar-refractivity contribution < 1.29 is 9.13 Å². The number of benzene rings is 1. The maximum absolute atomic E-state index is 14.3. The number of halogens is 1. The Morgan fingerprint density at radius 1 is 1.25 bits per heavy atom. The van der Waals surface area contributed by atoms with Crippen LogP contribution in [0.3, 0.4) is 0 Å². The summed E-state index contributed by atoms with van der Waals surface area (Å²) in [5, 5.41) is 3.47. The maximum atomic E-state index is 14.3. The van der Waals surface area contributed by atoms with Gasteiger partial charge in [0, 0.05) is 17.5 Å². The van der Waals surface area contributed by atoms with E-state index in [1.807, 2.05) is 19.1 Å². The molecule has 2 rings (SSSR count). The lowest BCUT2D eigenvalue weighted by Gasteiger charge is -2.30. The van der Waals surface area contributed by atoms with Gasteiger partial charge in [-0.2, -0.15) is 0 Å². The molecule has 0 bridgehead atoms. The zero-order valence-corrected chi connectivity index (χ0v) is 13.1. The Morgan fingerprint density at radius 3 is 2.50 bits per heavy atom. The Labute approximate surface area is 121 Å². The van der Waals surface area contributed by atoms with E-state index in [2.05, 4.69) is 33.0 Å². The highest BCUT2D eigenvalue weighted by molar-refractivity contribution is 5.28. The summed E-state index contributed by atoms with van der Waals surface area (Å²) in [5.41, 5.74) is 1.87. The minimum absolute atomic E-state index is 0.00912. The van der Waals surface area contributed by atoms with Crippen LogP contribution in [-0.2, 0) is 4.74 Å². The fourth-order valence-corrected chi connectivity index (χ4v) is 3.44. The summed E-state index contributed by atoms with van der Waals surface area (Å²) in [6.07, 6.45) is 0.369. The van der Waals surface area contributed by atoms with E-state index in [1.54, 1.807) is 6.07 Å². The number of nitrogens with one attached hydrogen (secondary N) is 1. The average molecular weight is 279 g/mol. The maximum Gasteiger partial charge on any atom is 0.128 e. The van der Waals surface area contributed by atoms with Gasteiger partial charge in [0.1, 0.15) is 5.82 Å². The average Bonchev–Trinajstić information content (AvgIpc) is 2.64. The van der Waals surface area contributed by atoms with Gasteiger partial charge in [0.25, 0.3) is 0 Å². The SMILES string of the molecule is CCNC(c1cc(C)ccc1F)C1C(C)OC(C)C1C. The lowest BCUT2D eigenvalue weighted by Crippen LogP contribution is -2.35. The third-order valence-electron chi connectivity index (χ3n) is 4.61. The zero-order chi connectivity index (χ0) is 14.9. The van der Waals surface area contributed by atoms with Gasteiger partial charge >= 0.3 is 0 Å². The molecule has 1 heterocycles. The molecule has 1 aliphatic heterocycles. The molecule has 1 aliphatic rings. The molecule has 0 saturated carbocycles. The number of ether oxygens (including phenoxy) is 1. The fourth-order valence-electron chi connectivity index (χ4n) is 3.44. The number of aryl methyl sites for hydroxylation is 1. The highest BCUT2D eigenvalue weighted by atomic mass is 19.1. The van der Waals surface area contributed by atoms with Crippen LogP contribution in [-0.4, -0.2) is 18.8 Å². The molecule has 5 unspecified atom stereocenters. The van der Waals surface area contributed by atoms with Gasteiger partial charge in [0.05, 0.1) is 12.2 Å². The molecule has 1 saturated heterocycles. The Balaban J connectivity index is 2.38. The molecule has 1 aromatic carbocycles. The monoisotopic (exact) mass is 279 g/mol. The van der Waals surface area contributed by atoms with E-state index in [0.29, 0.717) is 11.8 Å². The summed E-state index contributed by atoms with van der Waals surface area (Å²) < 4.78 is 20.2. The number of hydrogen-bond acceptors (Lipinski definition) is 2.